The van der Waals surface area contributed by atoms with Crippen LogP contribution in [0.25, 0.3) is 0 Å². The lowest BCUT2D eigenvalue weighted by atomic mass is 10.2. The minimum absolute atomic E-state index is 0.00255. The molecule has 0 spiro atoms. The molecule has 1 amide bonds. The number of rotatable bonds is 2. The first-order valence-electron chi connectivity index (χ1n) is 4.98. The molecule has 1 saturated heterocycles. The molecule has 0 saturated carbocycles. The van der Waals surface area contributed by atoms with E-state index in [2.05, 4.69) is 15.5 Å². The Hall–Kier alpha value is -1.43. The highest BCUT2D eigenvalue weighted by atomic mass is 16.5. The van der Waals surface area contributed by atoms with Gasteiger partial charge in [-0.3, -0.25) is 9.69 Å². The maximum absolute atomic E-state index is 11.2. The number of nitrogens with one attached hydrogen (secondary N) is 1. The summed E-state index contributed by atoms with van der Waals surface area (Å²) in [5.74, 6) is 1.24. The second kappa shape index (κ2) is 3.98. The summed E-state index contributed by atoms with van der Waals surface area (Å²) in [5, 5.41) is 6.51. The van der Waals surface area contributed by atoms with E-state index >= 15 is 0 Å². The number of hydrogen-bond acceptors (Lipinski definition) is 5. The molecule has 82 valence electrons. The van der Waals surface area contributed by atoms with Crippen LogP contribution in [0, 0.1) is 6.92 Å². The van der Waals surface area contributed by atoms with Crippen molar-refractivity contribution in [2.24, 2.45) is 0 Å². The lowest BCUT2D eigenvalue weighted by molar-refractivity contribution is -0.125. The molecule has 6 heteroatoms. The number of aryl methyl sites for hydroxylation is 1. The predicted octanol–water partition coefficient (Wildman–Crippen LogP) is -0.129. The van der Waals surface area contributed by atoms with Gasteiger partial charge in [0.25, 0.3) is 0 Å². The summed E-state index contributed by atoms with van der Waals surface area (Å²) in [5.41, 5.74) is 0. The van der Waals surface area contributed by atoms with E-state index in [9.17, 15) is 4.79 Å². The van der Waals surface area contributed by atoms with Gasteiger partial charge >= 0.3 is 0 Å². The highest BCUT2D eigenvalue weighted by Crippen LogP contribution is 2.18. The smallest absolute Gasteiger partial charge is 0.243 e. The van der Waals surface area contributed by atoms with E-state index in [1.165, 1.54) is 0 Å². The lowest BCUT2D eigenvalue weighted by Gasteiger charge is -2.29. The van der Waals surface area contributed by atoms with Crippen molar-refractivity contribution >= 4 is 5.91 Å². The third-order valence-electron chi connectivity index (χ3n) is 2.52. The Bertz CT molecular complexity index is 363. The van der Waals surface area contributed by atoms with Gasteiger partial charge in [-0.2, -0.15) is 4.98 Å². The van der Waals surface area contributed by atoms with Crippen LogP contribution in [0.4, 0.5) is 0 Å². The Morgan fingerprint density at radius 2 is 2.40 bits per heavy atom. The van der Waals surface area contributed by atoms with Crippen LogP contribution in [-0.2, 0) is 4.79 Å². The molecule has 6 nitrogen and oxygen atoms in total. The summed E-state index contributed by atoms with van der Waals surface area (Å²) in [6.07, 6.45) is 0. The van der Waals surface area contributed by atoms with E-state index < -0.39 is 0 Å². The third-order valence-corrected chi connectivity index (χ3v) is 2.52. The second-order valence-corrected chi connectivity index (χ2v) is 3.68. The topological polar surface area (TPSA) is 71.3 Å². The van der Waals surface area contributed by atoms with E-state index in [0.717, 1.165) is 6.54 Å². The van der Waals surface area contributed by atoms with Crippen LogP contribution in [0.3, 0.4) is 0 Å². The SMILES string of the molecule is Cc1noc(C(C)N2CCNC(=O)C2)n1. The zero-order valence-electron chi connectivity index (χ0n) is 8.86. The van der Waals surface area contributed by atoms with Gasteiger partial charge in [-0.05, 0) is 13.8 Å². The van der Waals surface area contributed by atoms with E-state index in [-0.39, 0.29) is 11.9 Å². The van der Waals surface area contributed by atoms with Crippen LogP contribution in [0.5, 0.6) is 0 Å². The average molecular weight is 210 g/mol. The molecule has 0 aromatic carbocycles. The molecule has 1 aromatic heterocycles. The van der Waals surface area contributed by atoms with Gasteiger partial charge in [-0.1, -0.05) is 5.16 Å². The van der Waals surface area contributed by atoms with E-state index in [0.29, 0.717) is 24.8 Å². The fraction of sp³-hybridized carbons (Fsp3) is 0.667. The van der Waals surface area contributed by atoms with Gasteiger partial charge in [0.05, 0.1) is 12.6 Å². The Morgan fingerprint density at radius 1 is 1.60 bits per heavy atom. The molecule has 0 radical (unpaired) electrons. The Morgan fingerprint density at radius 3 is 3.00 bits per heavy atom. The molecule has 0 aliphatic carbocycles. The van der Waals surface area contributed by atoms with E-state index in [1.54, 1.807) is 6.92 Å². The zero-order chi connectivity index (χ0) is 10.8. The van der Waals surface area contributed by atoms with Gasteiger partial charge in [0.15, 0.2) is 5.82 Å². The molecule has 2 heterocycles. The van der Waals surface area contributed by atoms with Crippen LogP contribution >= 0.6 is 0 Å². The van der Waals surface area contributed by atoms with Crippen molar-refractivity contribution in [3.8, 4) is 0 Å². The fourth-order valence-corrected chi connectivity index (χ4v) is 1.63. The van der Waals surface area contributed by atoms with Crippen molar-refractivity contribution in [2.45, 2.75) is 19.9 Å². The molecule has 2 rings (SSSR count). The van der Waals surface area contributed by atoms with Crippen molar-refractivity contribution in [3.05, 3.63) is 11.7 Å². The van der Waals surface area contributed by atoms with Gasteiger partial charge in [0, 0.05) is 13.1 Å². The normalized spacial score (nSPS) is 20.0. The summed E-state index contributed by atoms with van der Waals surface area (Å²) < 4.78 is 5.08. The third kappa shape index (κ3) is 2.15. The maximum Gasteiger partial charge on any atom is 0.243 e. The summed E-state index contributed by atoms with van der Waals surface area (Å²) in [4.78, 5) is 17.4. The quantitative estimate of drug-likeness (QED) is 0.736. The molecule has 1 N–H and O–H groups in total. The Balaban J connectivity index is 2.06. The minimum atomic E-state index is -0.00255. The lowest BCUT2D eigenvalue weighted by Crippen LogP contribution is -2.48. The van der Waals surface area contributed by atoms with Gasteiger partial charge in [0.1, 0.15) is 0 Å². The first-order valence-corrected chi connectivity index (χ1v) is 4.98. The Kier molecular flexibility index (Phi) is 2.68. The van der Waals surface area contributed by atoms with Crippen LogP contribution in [0.2, 0.25) is 0 Å². The molecule has 1 aliphatic rings. The molecule has 1 aromatic rings. The molecule has 1 fully saturated rings. The number of amides is 1. The van der Waals surface area contributed by atoms with Crippen LogP contribution in [0.15, 0.2) is 4.52 Å². The second-order valence-electron chi connectivity index (χ2n) is 3.68. The largest absolute Gasteiger partial charge is 0.354 e. The standard InChI is InChI=1S/C9H14N4O2/c1-6(9-11-7(2)12-15-9)13-4-3-10-8(14)5-13/h6H,3-5H2,1-2H3,(H,10,14). The number of carbonyl (C=O) groups excluding carboxylic acids is 1. The molecular weight excluding hydrogens is 196 g/mol. The van der Waals surface area contributed by atoms with Crippen LogP contribution < -0.4 is 5.32 Å². The van der Waals surface area contributed by atoms with Gasteiger partial charge in [-0.25, -0.2) is 0 Å². The van der Waals surface area contributed by atoms with Crippen molar-refractivity contribution in [2.75, 3.05) is 19.6 Å². The monoisotopic (exact) mass is 210 g/mol. The number of nitrogens with zero attached hydrogens (tertiary/aromatic N) is 3. The summed E-state index contributed by atoms with van der Waals surface area (Å²) in [6, 6.07) is -0.00255. The average Bonchev–Trinajstić information content (AvgIpc) is 2.64. The van der Waals surface area contributed by atoms with E-state index in [4.69, 9.17) is 4.52 Å². The first-order chi connectivity index (χ1) is 7.16. The van der Waals surface area contributed by atoms with Crippen molar-refractivity contribution < 1.29 is 9.32 Å². The molecule has 1 atom stereocenters. The summed E-state index contributed by atoms with van der Waals surface area (Å²) in [6.45, 7) is 5.63. The van der Waals surface area contributed by atoms with Crippen molar-refractivity contribution in [3.63, 3.8) is 0 Å². The minimum Gasteiger partial charge on any atom is -0.354 e. The summed E-state index contributed by atoms with van der Waals surface area (Å²) in [7, 11) is 0. The number of aromatic nitrogens is 2. The highest BCUT2D eigenvalue weighted by Gasteiger charge is 2.25. The molecular formula is C9H14N4O2. The number of hydrogen-bond donors (Lipinski definition) is 1. The molecule has 1 aliphatic heterocycles. The predicted molar refractivity (Wildman–Crippen MR) is 52.0 cm³/mol. The van der Waals surface area contributed by atoms with Gasteiger partial charge in [0.2, 0.25) is 11.8 Å². The number of piperazine rings is 1. The van der Waals surface area contributed by atoms with Gasteiger partial charge in [-0.15, -0.1) is 0 Å². The first kappa shape index (κ1) is 10.1. The molecule has 1 unspecified atom stereocenters. The van der Waals surface area contributed by atoms with Crippen LogP contribution in [-0.4, -0.2) is 40.6 Å². The molecule has 15 heavy (non-hydrogen) atoms. The Labute approximate surface area is 87.6 Å². The van der Waals surface area contributed by atoms with Gasteiger partial charge < -0.3 is 9.84 Å². The van der Waals surface area contributed by atoms with Crippen molar-refractivity contribution in [1.29, 1.82) is 0 Å². The highest BCUT2D eigenvalue weighted by molar-refractivity contribution is 5.78. The molecule has 0 bridgehead atoms. The number of carbonyl (C=O) groups is 1. The summed E-state index contributed by atoms with van der Waals surface area (Å²) >= 11 is 0. The fourth-order valence-electron chi connectivity index (χ4n) is 1.63. The maximum atomic E-state index is 11.2. The van der Waals surface area contributed by atoms with Crippen LogP contribution in [0.1, 0.15) is 24.7 Å². The van der Waals surface area contributed by atoms with E-state index in [1.807, 2.05) is 11.8 Å². The van der Waals surface area contributed by atoms with Crippen molar-refractivity contribution in [1.82, 2.24) is 20.4 Å². The zero-order valence-corrected chi connectivity index (χ0v) is 8.86.